The third-order valence-electron chi connectivity index (χ3n) is 3.03. The number of nitrogens with zero attached hydrogens (tertiary/aromatic N) is 1. The van der Waals surface area contributed by atoms with Gasteiger partial charge in [-0.1, -0.05) is 12.1 Å². The predicted octanol–water partition coefficient (Wildman–Crippen LogP) is 2.00. The molecular weight excluding hydrogens is 316 g/mol. The second-order valence-electron chi connectivity index (χ2n) is 4.72. The first-order valence-corrected chi connectivity index (χ1v) is 8.45. The fourth-order valence-electron chi connectivity index (χ4n) is 1.84. The van der Waals surface area contributed by atoms with Gasteiger partial charge in [0.05, 0.1) is 12.7 Å². The lowest BCUT2D eigenvalue weighted by molar-refractivity contribution is -0.148. The molecular formula is C16H20N2O4S. The zero-order valence-electron chi connectivity index (χ0n) is 13.4. The Morgan fingerprint density at radius 2 is 2.09 bits per heavy atom. The topological polar surface area (TPSA) is 88.4 Å². The van der Waals surface area contributed by atoms with Crippen molar-refractivity contribution in [2.75, 3.05) is 19.1 Å². The number of esters is 1. The maximum absolute atomic E-state index is 12.4. The van der Waals surface area contributed by atoms with Crippen molar-refractivity contribution in [3.8, 4) is 11.8 Å². The van der Waals surface area contributed by atoms with Crippen LogP contribution in [0.4, 0.5) is 0 Å². The number of ether oxygens (including phenoxy) is 2. The molecule has 0 aliphatic carbocycles. The van der Waals surface area contributed by atoms with Crippen molar-refractivity contribution < 1.29 is 19.1 Å². The molecule has 0 saturated heterocycles. The van der Waals surface area contributed by atoms with E-state index in [4.69, 9.17) is 14.7 Å². The Morgan fingerprint density at radius 3 is 2.70 bits per heavy atom. The van der Waals surface area contributed by atoms with Crippen LogP contribution >= 0.6 is 11.8 Å². The zero-order chi connectivity index (χ0) is 17.2. The van der Waals surface area contributed by atoms with Gasteiger partial charge in [-0.3, -0.25) is 4.79 Å². The van der Waals surface area contributed by atoms with Crippen LogP contribution < -0.4 is 10.1 Å². The standard InChI is InChI=1S/C16H20N2O4S/c1-11(10-17)22-16(20)13(8-9-23-3)18-15(19)12-6-4-5-7-14(12)21-2/h4-7,11,13H,8-9H2,1-3H3,(H,18,19)/t11-,13+/m0/s1. The highest BCUT2D eigenvalue weighted by Gasteiger charge is 2.25. The largest absolute Gasteiger partial charge is 0.496 e. The van der Waals surface area contributed by atoms with Gasteiger partial charge in [0.15, 0.2) is 6.10 Å². The second-order valence-corrected chi connectivity index (χ2v) is 5.70. The lowest BCUT2D eigenvalue weighted by Crippen LogP contribution is -2.43. The number of rotatable bonds is 8. The van der Waals surface area contributed by atoms with Crippen molar-refractivity contribution in [2.24, 2.45) is 0 Å². The van der Waals surface area contributed by atoms with E-state index in [0.29, 0.717) is 23.5 Å². The highest BCUT2D eigenvalue weighted by atomic mass is 32.2. The summed E-state index contributed by atoms with van der Waals surface area (Å²) in [4.78, 5) is 24.5. The van der Waals surface area contributed by atoms with E-state index in [2.05, 4.69) is 5.32 Å². The minimum atomic E-state index is -0.859. The number of hydrogen-bond donors (Lipinski definition) is 1. The number of nitrogens with one attached hydrogen (secondary N) is 1. The SMILES string of the molecule is COc1ccccc1C(=O)N[C@H](CCSC)C(=O)O[C@@H](C)C#N. The van der Waals surface area contributed by atoms with Gasteiger partial charge in [0.25, 0.3) is 5.91 Å². The average molecular weight is 336 g/mol. The molecule has 0 saturated carbocycles. The van der Waals surface area contributed by atoms with Crippen molar-refractivity contribution in [3.05, 3.63) is 29.8 Å². The highest BCUT2D eigenvalue weighted by Crippen LogP contribution is 2.17. The Balaban J connectivity index is 2.85. The molecule has 0 aliphatic heterocycles. The normalized spacial score (nSPS) is 12.6. The van der Waals surface area contributed by atoms with Gasteiger partial charge in [-0.15, -0.1) is 0 Å². The van der Waals surface area contributed by atoms with Crippen LogP contribution in [-0.2, 0) is 9.53 Å². The third kappa shape index (κ3) is 5.83. The van der Waals surface area contributed by atoms with Gasteiger partial charge in [-0.25, -0.2) is 4.79 Å². The Morgan fingerprint density at radius 1 is 1.39 bits per heavy atom. The van der Waals surface area contributed by atoms with Crippen molar-refractivity contribution in [1.82, 2.24) is 5.32 Å². The lowest BCUT2D eigenvalue weighted by atomic mass is 10.1. The van der Waals surface area contributed by atoms with Crippen LogP contribution in [0.15, 0.2) is 24.3 Å². The number of carbonyl (C=O) groups excluding carboxylic acids is 2. The fourth-order valence-corrected chi connectivity index (χ4v) is 2.31. The molecule has 6 nitrogen and oxygen atoms in total. The third-order valence-corrected chi connectivity index (χ3v) is 3.67. The number of amides is 1. The van der Waals surface area contributed by atoms with Crippen molar-refractivity contribution in [1.29, 1.82) is 5.26 Å². The number of carbonyl (C=O) groups is 2. The van der Waals surface area contributed by atoms with Crippen LogP contribution in [0.1, 0.15) is 23.7 Å². The van der Waals surface area contributed by atoms with E-state index in [0.717, 1.165) is 0 Å². The molecule has 0 spiro atoms. The van der Waals surface area contributed by atoms with E-state index in [1.165, 1.54) is 14.0 Å². The van der Waals surface area contributed by atoms with Gasteiger partial charge in [0.1, 0.15) is 17.9 Å². The van der Waals surface area contributed by atoms with Crippen LogP contribution in [0.5, 0.6) is 5.75 Å². The van der Waals surface area contributed by atoms with Crippen LogP contribution in [-0.4, -0.2) is 43.1 Å². The summed E-state index contributed by atoms with van der Waals surface area (Å²) in [5.41, 5.74) is 0.338. The zero-order valence-corrected chi connectivity index (χ0v) is 14.2. The maximum Gasteiger partial charge on any atom is 0.329 e. The molecule has 0 unspecified atom stereocenters. The van der Waals surface area contributed by atoms with Gasteiger partial charge in [0.2, 0.25) is 0 Å². The van der Waals surface area contributed by atoms with Crippen molar-refractivity contribution in [3.63, 3.8) is 0 Å². The Bertz CT molecular complexity index is 586. The first-order valence-electron chi connectivity index (χ1n) is 7.06. The summed E-state index contributed by atoms with van der Waals surface area (Å²) in [5, 5.41) is 11.4. The van der Waals surface area contributed by atoms with E-state index in [1.807, 2.05) is 12.3 Å². The maximum atomic E-state index is 12.4. The molecule has 0 aliphatic rings. The minimum Gasteiger partial charge on any atom is -0.496 e. The van der Waals surface area contributed by atoms with E-state index in [9.17, 15) is 9.59 Å². The first-order chi connectivity index (χ1) is 11.0. The van der Waals surface area contributed by atoms with Crippen LogP contribution in [0.25, 0.3) is 0 Å². The monoisotopic (exact) mass is 336 g/mol. The number of methoxy groups -OCH3 is 1. The molecule has 7 heteroatoms. The number of hydrogen-bond acceptors (Lipinski definition) is 6. The smallest absolute Gasteiger partial charge is 0.329 e. The molecule has 0 radical (unpaired) electrons. The molecule has 1 N–H and O–H groups in total. The molecule has 1 aromatic rings. The van der Waals surface area contributed by atoms with Crippen LogP contribution in [0.2, 0.25) is 0 Å². The quantitative estimate of drug-likeness (QED) is 0.731. The summed E-state index contributed by atoms with van der Waals surface area (Å²) < 4.78 is 10.1. The fraction of sp³-hybridized carbons (Fsp3) is 0.438. The van der Waals surface area contributed by atoms with E-state index < -0.39 is 24.0 Å². The van der Waals surface area contributed by atoms with Crippen molar-refractivity contribution in [2.45, 2.75) is 25.5 Å². The van der Waals surface area contributed by atoms with Gasteiger partial charge >= 0.3 is 5.97 Å². The Kier molecular flexibility index (Phi) is 7.98. The Hall–Kier alpha value is -2.20. The molecule has 2 atom stereocenters. The summed E-state index contributed by atoms with van der Waals surface area (Å²) >= 11 is 1.55. The molecule has 1 aromatic carbocycles. The summed E-state index contributed by atoms with van der Waals surface area (Å²) in [5.74, 6) is 0.0613. The van der Waals surface area contributed by atoms with E-state index in [1.54, 1.807) is 36.0 Å². The van der Waals surface area contributed by atoms with Gasteiger partial charge in [-0.2, -0.15) is 17.0 Å². The highest BCUT2D eigenvalue weighted by molar-refractivity contribution is 7.98. The number of benzene rings is 1. The van der Waals surface area contributed by atoms with Gasteiger partial charge in [-0.05, 0) is 37.5 Å². The van der Waals surface area contributed by atoms with E-state index >= 15 is 0 Å². The minimum absolute atomic E-state index is 0.338. The summed E-state index contributed by atoms with van der Waals surface area (Å²) in [6.45, 7) is 1.48. The number of para-hydroxylation sites is 1. The molecule has 23 heavy (non-hydrogen) atoms. The summed E-state index contributed by atoms with van der Waals surface area (Å²) in [7, 11) is 1.47. The molecule has 0 aromatic heterocycles. The Labute approximate surface area is 140 Å². The molecule has 0 bridgehead atoms. The van der Waals surface area contributed by atoms with Crippen LogP contribution in [0.3, 0.4) is 0 Å². The van der Waals surface area contributed by atoms with Crippen molar-refractivity contribution >= 4 is 23.6 Å². The molecule has 0 heterocycles. The van der Waals surface area contributed by atoms with Gasteiger partial charge < -0.3 is 14.8 Å². The molecule has 0 fully saturated rings. The molecule has 1 amide bonds. The first kappa shape index (κ1) is 18.8. The summed E-state index contributed by atoms with van der Waals surface area (Å²) in [6.07, 6.45) is 1.46. The molecule has 1 rings (SSSR count). The van der Waals surface area contributed by atoms with Gasteiger partial charge in [0, 0.05) is 0 Å². The van der Waals surface area contributed by atoms with E-state index in [-0.39, 0.29) is 0 Å². The molecule has 124 valence electrons. The average Bonchev–Trinajstić information content (AvgIpc) is 2.57. The predicted molar refractivity (Wildman–Crippen MR) is 88.4 cm³/mol. The van der Waals surface area contributed by atoms with Crippen LogP contribution in [0, 0.1) is 11.3 Å². The summed E-state index contributed by atoms with van der Waals surface area (Å²) in [6, 6.07) is 7.77. The number of thioether (sulfide) groups is 1. The second kappa shape index (κ2) is 9.74. The number of nitriles is 1. The lowest BCUT2D eigenvalue weighted by Gasteiger charge is -2.18.